The van der Waals surface area contributed by atoms with E-state index in [-0.39, 0.29) is 0 Å². The molecular formula is C21H26N2O4S. The zero-order valence-corrected chi connectivity index (χ0v) is 17.2. The van der Waals surface area contributed by atoms with Crippen molar-refractivity contribution in [3.05, 3.63) is 66.7 Å². The number of nitrogens with one attached hydrogen (secondary N) is 1. The van der Waals surface area contributed by atoms with Crippen molar-refractivity contribution in [2.75, 3.05) is 22.5 Å². The topological polar surface area (TPSA) is 75.7 Å². The third-order valence-electron chi connectivity index (χ3n) is 4.09. The molecule has 2 rings (SSSR count). The molecule has 2 aromatic rings. The van der Waals surface area contributed by atoms with Gasteiger partial charge in [0, 0.05) is 11.8 Å². The number of rotatable bonds is 9. The van der Waals surface area contributed by atoms with E-state index >= 15 is 0 Å². The Hall–Kier alpha value is -2.80. The molecule has 6 nitrogen and oxygen atoms in total. The zero-order chi connectivity index (χ0) is 20.7. The molecule has 0 spiro atoms. The highest BCUT2D eigenvalue weighted by Gasteiger charge is 2.31. The Kier molecular flexibility index (Phi) is 7.23. The van der Waals surface area contributed by atoms with Gasteiger partial charge in [-0.3, -0.25) is 9.10 Å². The summed E-state index contributed by atoms with van der Waals surface area (Å²) in [6, 6.07) is 13.1. The van der Waals surface area contributed by atoms with Crippen LogP contribution in [0.1, 0.15) is 18.9 Å². The van der Waals surface area contributed by atoms with Crippen LogP contribution >= 0.6 is 0 Å². The molecule has 0 aliphatic carbocycles. The first-order chi connectivity index (χ1) is 13.3. The van der Waals surface area contributed by atoms with Gasteiger partial charge in [0.25, 0.3) is 0 Å². The molecule has 0 fully saturated rings. The molecule has 0 aliphatic heterocycles. The van der Waals surface area contributed by atoms with Crippen molar-refractivity contribution >= 4 is 27.3 Å². The van der Waals surface area contributed by atoms with E-state index in [2.05, 4.69) is 11.9 Å². The van der Waals surface area contributed by atoms with Crippen LogP contribution in [0.4, 0.5) is 11.4 Å². The first kappa shape index (κ1) is 21.5. The third-order valence-corrected chi connectivity index (χ3v) is 5.27. The molecule has 1 amide bonds. The van der Waals surface area contributed by atoms with Crippen molar-refractivity contribution in [2.45, 2.75) is 26.3 Å². The van der Waals surface area contributed by atoms with E-state index in [9.17, 15) is 13.2 Å². The standard InChI is InChI=1S/C21H26N2O4S/c1-5-14-27-19-9-7-8-17(15-19)22-21(24)20(6-2)23(28(4,25)26)18-12-10-16(3)11-13-18/h5,7-13,15,20H,1,6,14H2,2-4H3,(H,22,24). The quantitative estimate of drug-likeness (QED) is 0.648. The molecule has 0 saturated heterocycles. The normalized spacial score (nSPS) is 12.1. The first-order valence-electron chi connectivity index (χ1n) is 8.97. The maximum atomic E-state index is 12.9. The Bertz CT molecular complexity index is 924. The summed E-state index contributed by atoms with van der Waals surface area (Å²) in [7, 11) is -3.66. The molecule has 1 unspecified atom stereocenters. The highest BCUT2D eigenvalue weighted by molar-refractivity contribution is 7.92. The number of ether oxygens (including phenoxy) is 1. The van der Waals surface area contributed by atoms with Crippen molar-refractivity contribution in [3.63, 3.8) is 0 Å². The summed E-state index contributed by atoms with van der Waals surface area (Å²) in [5, 5.41) is 2.79. The maximum absolute atomic E-state index is 12.9. The second-order valence-corrected chi connectivity index (χ2v) is 8.29. The van der Waals surface area contributed by atoms with Gasteiger partial charge >= 0.3 is 0 Å². The molecule has 1 N–H and O–H groups in total. The van der Waals surface area contributed by atoms with Gasteiger partial charge < -0.3 is 10.1 Å². The van der Waals surface area contributed by atoms with Gasteiger partial charge in [0.2, 0.25) is 15.9 Å². The highest BCUT2D eigenvalue weighted by Crippen LogP contribution is 2.24. The first-order valence-corrected chi connectivity index (χ1v) is 10.8. The van der Waals surface area contributed by atoms with Crippen LogP contribution in [0.25, 0.3) is 0 Å². The van der Waals surface area contributed by atoms with Gasteiger partial charge in [-0.1, -0.05) is 43.3 Å². The number of sulfonamides is 1. The lowest BCUT2D eigenvalue weighted by molar-refractivity contribution is -0.117. The number of carbonyl (C=O) groups excluding carboxylic acids is 1. The van der Waals surface area contributed by atoms with Crippen LogP contribution in [0.15, 0.2) is 61.2 Å². The number of benzene rings is 2. The summed E-state index contributed by atoms with van der Waals surface area (Å²) < 4.78 is 31.6. The van der Waals surface area contributed by atoms with Crippen molar-refractivity contribution in [1.29, 1.82) is 0 Å². The number of carbonyl (C=O) groups is 1. The van der Waals surface area contributed by atoms with E-state index in [0.29, 0.717) is 30.2 Å². The molecule has 7 heteroatoms. The predicted octanol–water partition coefficient (Wildman–Crippen LogP) is 3.74. The Labute approximate surface area is 166 Å². The van der Waals surface area contributed by atoms with Crippen LogP contribution in [0, 0.1) is 6.92 Å². The summed E-state index contributed by atoms with van der Waals surface area (Å²) >= 11 is 0. The van der Waals surface area contributed by atoms with Crippen LogP contribution in [0.3, 0.4) is 0 Å². The van der Waals surface area contributed by atoms with Gasteiger partial charge in [-0.15, -0.1) is 0 Å². The number of aryl methyl sites for hydroxylation is 1. The van der Waals surface area contributed by atoms with E-state index in [1.54, 1.807) is 49.4 Å². The SMILES string of the molecule is C=CCOc1cccc(NC(=O)C(CC)N(c2ccc(C)cc2)S(C)(=O)=O)c1. The Morgan fingerprint density at radius 1 is 1.25 bits per heavy atom. The fourth-order valence-corrected chi connectivity index (χ4v) is 4.01. The van der Waals surface area contributed by atoms with Gasteiger partial charge in [-0.05, 0) is 37.6 Å². The van der Waals surface area contributed by atoms with Crippen LogP contribution in [0.2, 0.25) is 0 Å². The fourth-order valence-electron chi connectivity index (χ4n) is 2.80. The molecule has 0 radical (unpaired) electrons. The minimum absolute atomic E-state index is 0.319. The van der Waals surface area contributed by atoms with Gasteiger partial charge in [0.05, 0.1) is 11.9 Å². The summed E-state index contributed by atoms with van der Waals surface area (Å²) in [4.78, 5) is 12.9. The third kappa shape index (κ3) is 5.60. The average Bonchev–Trinajstić information content (AvgIpc) is 2.64. The minimum atomic E-state index is -3.66. The fraction of sp³-hybridized carbons (Fsp3) is 0.286. The van der Waals surface area contributed by atoms with E-state index in [4.69, 9.17) is 4.74 Å². The number of hydrogen-bond acceptors (Lipinski definition) is 4. The number of hydrogen-bond donors (Lipinski definition) is 1. The second kappa shape index (κ2) is 9.41. The van der Waals surface area contributed by atoms with Crippen LogP contribution in [0.5, 0.6) is 5.75 Å². The molecule has 0 bridgehead atoms. The van der Waals surface area contributed by atoms with Gasteiger partial charge in [0.1, 0.15) is 18.4 Å². The average molecular weight is 403 g/mol. The Balaban J connectivity index is 2.29. The number of amides is 1. The predicted molar refractivity (Wildman–Crippen MR) is 113 cm³/mol. The van der Waals surface area contributed by atoms with E-state index in [1.165, 1.54) is 4.31 Å². The second-order valence-electron chi connectivity index (χ2n) is 6.44. The molecule has 0 saturated carbocycles. The molecule has 0 aromatic heterocycles. The zero-order valence-electron chi connectivity index (χ0n) is 16.4. The summed E-state index contributed by atoms with van der Waals surface area (Å²) in [6.07, 6.45) is 3.05. The van der Waals surface area contributed by atoms with Crippen molar-refractivity contribution in [3.8, 4) is 5.75 Å². The summed E-state index contributed by atoms with van der Waals surface area (Å²) in [5.74, 6) is 0.179. The molecule has 0 aliphatic rings. The largest absolute Gasteiger partial charge is 0.489 e. The van der Waals surface area contributed by atoms with Crippen LogP contribution < -0.4 is 14.4 Å². The lowest BCUT2D eigenvalue weighted by Crippen LogP contribution is -2.47. The number of nitrogens with zero attached hydrogens (tertiary/aromatic N) is 1. The van der Waals surface area contributed by atoms with Crippen LogP contribution in [-0.4, -0.2) is 33.2 Å². The van der Waals surface area contributed by atoms with E-state index < -0.39 is 22.0 Å². The molecular weight excluding hydrogens is 376 g/mol. The summed E-state index contributed by atoms with van der Waals surface area (Å²) in [5.41, 5.74) is 1.99. The maximum Gasteiger partial charge on any atom is 0.248 e. The van der Waals surface area contributed by atoms with E-state index in [1.807, 2.05) is 19.1 Å². The Morgan fingerprint density at radius 2 is 1.93 bits per heavy atom. The minimum Gasteiger partial charge on any atom is -0.489 e. The molecule has 2 aromatic carbocycles. The highest BCUT2D eigenvalue weighted by atomic mass is 32.2. The van der Waals surface area contributed by atoms with Gasteiger partial charge in [-0.2, -0.15) is 0 Å². The lowest BCUT2D eigenvalue weighted by Gasteiger charge is -2.30. The van der Waals surface area contributed by atoms with Crippen molar-refractivity contribution < 1.29 is 17.9 Å². The van der Waals surface area contributed by atoms with Crippen molar-refractivity contribution in [2.24, 2.45) is 0 Å². The number of anilines is 2. The van der Waals surface area contributed by atoms with E-state index in [0.717, 1.165) is 11.8 Å². The molecule has 0 heterocycles. The van der Waals surface area contributed by atoms with Gasteiger partial charge in [0.15, 0.2) is 0 Å². The van der Waals surface area contributed by atoms with Gasteiger partial charge in [-0.25, -0.2) is 8.42 Å². The Morgan fingerprint density at radius 3 is 2.50 bits per heavy atom. The summed E-state index contributed by atoms with van der Waals surface area (Å²) in [6.45, 7) is 7.65. The van der Waals surface area contributed by atoms with Crippen molar-refractivity contribution in [1.82, 2.24) is 0 Å². The molecule has 150 valence electrons. The smallest absolute Gasteiger partial charge is 0.248 e. The molecule has 28 heavy (non-hydrogen) atoms. The van der Waals surface area contributed by atoms with Crippen LogP contribution in [-0.2, 0) is 14.8 Å². The lowest BCUT2D eigenvalue weighted by atomic mass is 10.1. The monoisotopic (exact) mass is 402 g/mol. The molecule has 1 atom stereocenters.